The molecule has 35 heavy (non-hydrogen) atoms. The largest absolute Gasteiger partial charge is 0.422 e. The zero-order valence-corrected chi connectivity index (χ0v) is 20.4. The highest BCUT2D eigenvalue weighted by Crippen LogP contribution is 2.35. The SMILES string of the molecule is O=C(Oc1ccc(OC(=O)c2cccs2)c(S(=O)(=O)c2ccc3ccccc3c2)c1)c1cccs1. The van der Waals surface area contributed by atoms with Crippen molar-refractivity contribution in [1.29, 1.82) is 0 Å². The van der Waals surface area contributed by atoms with Gasteiger partial charge in [-0.3, -0.25) is 0 Å². The minimum Gasteiger partial charge on any atom is -0.422 e. The Bertz CT molecular complexity index is 1640. The van der Waals surface area contributed by atoms with Gasteiger partial charge in [0, 0.05) is 6.07 Å². The van der Waals surface area contributed by atoms with Crippen LogP contribution in [0.2, 0.25) is 0 Å². The average molecular weight is 521 g/mol. The average Bonchev–Trinajstić information content (AvgIpc) is 3.59. The Balaban J connectivity index is 1.57. The number of rotatable bonds is 6. The fourth-order valence-electron chi connectivity index (χ4n) is 3.40. The molecule has 2 aromatic heterocycles. The molecular weight excluding hydrogens is 504 g/mol. The molecule has 2 heterocycles. The number of hydrogen-bond acceptors (Lipinski definition) is 8. The molecule has 5 rings (SSSR count). The van der Waals surface area contributed by atoms with E-state index in [0.717, 1.165) is 10.8 Å². The minimum absolute atomic E-state index is 0.0127. The van der Waals surface area contributed by atoms with Gasteiger partial charge in [0.1, 0.15) is 20.4 Å². The van der Waals surface area contributed by atoms with Gasteiger partial charge in [0.05, 0.1) is 4.90 Å². The molecule has 6 nitrogen and oxygen atoms in total. The Labute approximate surface area is 208 Å². The first kappa shape index (κ1) is 23.0. The smallest absolute Gasteiger partial charge is 0.353 e. The predicted molar refractivity (Wildman–Crippen MR) is 134 cm³/mol. The summed E-state index contributed by atoms with van der Waals surface area (Å²) in [5.41, 5.74) is 0. The van der Waals surface area contributed by atoms with Gasteiger partial charge in [-0.25, -0.2) is 18.0 Å². The molecule has 0 atom stereocenters. The van der Waals surface area contributed by atoms with Crippen LogP contribution in [0, 0.1) is 0 Å². The van der Waals surface area contributed by atoms with E-state index in [0.29, 0.717) is 9.75 Å². The Hall–Kier alpha value is -3.79. The summed E-state index contributed by atoms with van der Waals surface area (Å²) in [7, 11) is -4.15. The van der Waals surface area contributed by atoms with E-state index in [1.807, 2.05) is 24.3 Å². The summed E-state index contributed by atoms with van der Waals surface area (Å²) < 4.78 is 38.3. The van der Waals surface area contributed by atoms with Gasteiger partial charge in [-0.2, -0.15) is 0 Å². The summed E-state index contributed by atoms with van der Waals surface area (Å²) in [4.78, 5) is 25.5. The Morgan fingerprint density at radius 2 is 1.31 bits per heavy atom. The van der Waals surface area contributed by atoms with Crippen LogP contribution in [-0.2, 0) is 9.84 Å². The van der Waals surface area contributed by atoms with Crippen LogP contribution < -0.4 is 9.47 Å². The van der Waals surface area contributed by atoms with Gasteiger partial charge in [0.2, 0.25) is 9.84 Å². The van der Waals surface area contributed by atoms with Crippen LogP contribution >= 0.6 is 22.7 Å². The lowest BCUT2D eigenvalue weighted by Gasteiger charge is -2.13. The van der Waals surface area contributed by atoms with Gasteiger partial charge in [-0.1, -0.05) is 42.5 Å². The molecule has 0 saturated heterocycles. The van der Waals surface area contributed by atoms with Gasteiger partial charge < -0.3 is 9.47 Å². The number of ether oxygens (including phenoxy) is 2. The molecule has 0 saturated carbocycles. The summed E-state index contributed by atoms with van der Waals surface area (Å²) in [6.07, 6.45) is 0. The third-order valence-electron chi connectivity index (χ3n) is 5.09. The van der Waals surface area contributed by atoms with Gasteiger partial charge >= 0.3 is 11.9 Å². The van der Waals surface area contributed by atoms with E-state index >= 15 is 0 Å². The maximum Gasteiger partial charge on any atom is 0.353 e. The summed E-state index contributed by atoms with van der Waals surface area (Å²) >= 11 is 2.39. The highest BCUT2D eigenvalue weighted by molar-refractivity contribution is 7.91. The lowest BCUT2D eigenvalue weighted by atomic mass is 10.1. The number of esters is 2. The van der Waals surface area contributed by atoms with Crippen LogP contribution in [0.25, 0.3) is 10.8 Å². The summed E-state index contributed by atoms with van der Waals surface area (Å²) in [5.74, 6) is -1.44. The normalized spacial score (nSPS) is 11.3. The predicted octanol–water partition coefficient (Wildman–Crippen LogP) is 6.23. The minimum atomic E-state index is -4.15. The van der Waals surface area contributed by atoms with Crippen molar-refractivity contribution in [2.24, 2.45) is 0 Å². The van der Waals surface area contributed by atoms with Crippen molar-refractivity contribution in [3.05, 3.63) is 105 Å². The number of fused-ring (bicyclic) bond motifs is 1. The van der Waals surface area contributed by atoms with E-state index < -0.39 is 21.8 Å². The molecule has 174 valence electrons. The first-order valence-electron chi connectivity index (χ1n) is 10.3. The molecule has 0 radical (unpaired) electrons. The van der Waals surface area contributed by atoms with E-state index in [1.54, 1.807) is 47.2 Å². The number of carbonyl (C=O) groups is 2. The molecule has 0 unspecified atom stereocenters. The van der Waals surface area contributed by atoms with Crippen LogP contribution in [0.4, 0.5) is 0 Å². The maximum absolute atomic E-state index is 13.7. The molecule has 0 bridgehead atoms. The molecule has 0 aliphatic rings. The fourth-order valence-corrected chi connectivity index (χ4v) is 6.03. The standard InChI is InChI=1S/C26H16O6S3/c27-25(22-7-3-13-33-22)31-19-10-12-21(32-26(28)23-8-4-14-34-23)24(16-19)35(29,30)20-11-9-17-5-1-2-6-18(17)15-20/h1-16H. The number of hydrogen-bond donors (Lipinski definition) is 0. The third kappa shape index (κ3) is 4.74. The van der Waals surface area contributed by atoms with Gasteiger partial charge in [0.15, 0.2) is 5.75 Å². The number of sulfone groups is 1. The van der Waals surface area contributed by atoms with E-state index in [1.165, 1.54) is 46.9 Å². The van der Waals surface area contributed by atoms with Crippen LogP contribution in [0.15, 0.2) is 105 Å². The molecule has 0 aliphatic heterocycles. The highest BCUT2D eigenvalue weighted by Gasteiger charge is 2.26. The maximum atomic E-state index is 13.7. The molecule has 0 fully saturated rings. The molecule has 0 aliphatic carbocycles. The van der Waals surface area contributed by atoms with E-state index in [9.17, 15) is 18.0 Å². The van der Waals surface area contributed by atoms with Crippen LogP contribution in [-0.4, -0.2) is 20.4 Å². The quantitative estimate of drug-likeness (QED) is 0.195. The molecule has 0 N–H and O–H groups in total. The van der Waals surface area contributed by atoms with Gasteiger partial charge in [-0.05, 0) is 57.9 Å². The highest BCUT2D eigenvalue weighted by atomic mass is 32.2. The first-order chi connectivity index (χ1) is 16.9. The zero-order valence-electron chi connectivity index (χ0n) is 17.9. The lowest BCUT2D eigenvalue weighted by molar-refractivity contribution is 0.0720. The third-order valence-corrected chi connectivity index (χ3v) is 8.57. The van der Waals surface area contributed by atoms with E-state index in [4.69, 9.17) is 9.47 Å². The molecule has 5 aromatic rings. The van der Waals surface area contributed by atoms with Crippen LogP contribution in [0.3, 0.4) is 0 Å². The van der Waals surface area contributed by atoms with Crippen LogP contribution in [0.5, 0.6) is 11.5 Å². The second-order valence-electron chi connectivity index (χ2n) is 7.35. The van der Waals surface area contributed by atoms with Crippen LogP contribution in [0.1, 0.15) is 19.3 Å². The molecular formula is C26H16O6S3. The Morgan fingerprint density at radius 1 is 0.657 bits per heavy atom. The number of benzene rings is 3. The molecule has 9 heteroatoms. The molecule has 0 spiro atoms. The second kappa shape index (κ2) is 9.46. The van der Waals surface area contributed by atoms with Crippen molar-refractivity contribution < 1.29 is 27.5 Å². The Kier molecular flexibility index (Phi) is 6.21. The summed E-state index contributed by atoms with van der Waals surface area (Å²) in [6, 6.07) is 22.6. The van der Waals surface area contributed by atoms with Crippen molar-refractivity contribution >= 4 is 55.2 Å². The Morgan fingerprint density at radius 3 is 1.97 bits per heavy atom. The number of carbonyl (C=O) groups excluding carboxylic acids is 2. The lowest BCUT2D eigenvalue weighted by Crippen LogP contribution is -2.12. The first-order valence-corrected chi connectivity index (χ1v) is 13.6. The van der Waals surface area contributed by atoms with E-state index in [-0.39, 0.29) is 21.3 Å². The van der Waals surface area contributed by atoms with Crippen molar-refractivity contribution in [1.82, 2.24) is 0 Å². The zero-order chi connectivity index (χ0) is 24.4. The summed E-state index contributed by atoms with van der Waals surface area (Å²) in [5, 5.41) is 5.08. The van der Waals surface area contributed by atoms with E-state index in [2.05, 4.69) is 0 Å². The molecule has 0 amide bonds. The summed E-state index contributed by atoms with van der Waals surface area (Å²) in [6.45, 7) is 0. The topological polar surface area (TPSA) is 86.7 Å². The monoisotopic (exact) mass is 520 g/mol. The fraction of sp³-hybridized carbons (Fsp3) is 0. The van der Waals surface area contributed by atoms with Crippen molar-refractivity contribution in [2.45, 2.75) is 9.79 Å². The van der Waals surface area contributed by atoms with Crippen molar-refractivity contribution in [3.8, 4) is 11.5 Å². The number of thiophene rings is 2. The van der Waals surface area contributed by atoms with Gasteiger partial charge in [0.25, 0.3) is 0 Å². The van der Waals surface area contributed by atoms with Crippen molar-refractivity contribution in [2.75, 3.05) is 0 Å². The molecule has 3 aromatic carbocycles. The second-order valence-corrected chi connectivity index (χ2v) is 11.2. The van der Waals surface area contributed by atoms with Crippen molar-refractivity contribution in [3.63, 3.8) is 0 Å². The van der Waals surface area contributed by atoms with Gasteiger partial charge in [-0.15, -0.1) is 22.7 Å².